The van der Waals surface area contributed by atoms with Gasteiger partial charge in [0.05, 0.1) is 15.8 Å². The highest BCUT2D eigenvalue weighted by Gasteiger charge is 2.31. The van der Waals surface area contributed by atoms with Crippen LogP contribution in [-0.2, 0) is 0 Å². The fourth-order valence-electron chi connectivity index (χ4n) is 1.64. The maximum Gasteiger partial charge on any atom is 0.139 e. The lowest BCUT2D eigenvalue weighted by molar-refractivity contribution is 0.621. The van der Waals surface area contributed by atoms with E-state index in [0.717, 1.165) is 18.4 Å². The average molecular weight is 273 g/mol. The molecule has 0 bridgehead atoms. The number of nitrogens with two attached hydrogens (primary N) is 1. The van der Waals surface area contributed by atoms with E-state index < -0.39 is 0 Å². The Morgan fingerprint density at radius 2 is 2.27 bits per heavy atom. The summed E-state index contributed by atoms with van der Waals surface area (Å²) in [6.45, 7) is 3.10. The summed E-state index contributed by atoms with van der Waals surface area (Å²) in [5, 5.41) is 3.19. The SMILES string of the molecule is CC1CC1CNc1cc(F)c(Br)cc1N. The molecule has 1 aromatic carbocycles. The van der Waals surface area contributed by atoms with Crippen LogP contribution in [0, 0.1) is 17.7 Å². The molecule has 1 aliphatic rings. The standard InChI is InChI=1S/C11H14BrFN2/c1-6-2-7(6)5-15-11-4-9(13)8(12)3-10(11)14/h3-4,6-7,15H,2,5,14H2,1H3. The Hall–Kier alpha value is -0.770. The fraction of sp³-hybridized carbons (Fsp3) is 0.455. The minimum atomic E-state index is -0.282. The molecule has 3 N–H and O–H groups in total. The third kappa shape index (κ3) is 2.43. The molecule has 2 atom stereocenters. The van der Waals surface area contributed by atoms with Gasteiger partial charge in [0.25, 0.3) is 0 Å². The van der Waals surface area contributed by atoms with E-state index in [2.05, 4.69) is 28.2 Å². The smallest absolute Gasteiger partial charge is 0.139 e. The summed E-state index contributed by atoms with van der Waals surface area (Å²) < 4.78 is 13.6. The van der Waals surface area contributed by atoms with Crippen LogP contribution >= 0.6 is 15.9 Å². The van der Waals surface area contributed by atoms with Gasteiger partial charge < -0.3 is 11.1 Å². The molecule has 1 aliphatic carbocycles. The molecule has 0 spiro atoms. The van der Waals surface area contributed by atoms with E-state index in [0.29, 0.717) is 15.8 Å². The maximum atomic E-state index is 13.2. The molecule has 1 aromatic rings. The van der Waals surface area contributed by atoms with Crippen molar-refractivity contribution >= 4 is 27.3 Å². The highest BCUT2D eigenvalue weighted by atomic mass is 79.9. The number of hydrogen-bond acceptors (Lipinski definition) is 2. The van der Waals surface area contributed by atoms with Crippen LogP contribution < -0.4 is 11.1 Å². The van der Waals surface area contributed by atoms with Gasteiger partial charge in [-0.05, 0) is 40.3 Å². The van der Waals surface area contributed by atoms with Gasteiger partial charge in [0.15, 0.2) is 0 Å². The van der Waals surface area contributed by atoms with Crippen molar-refractivity contribution in [1.82, 2.24) is 0 Å². The lowest BCUT2D eigenvalue weighted by Gasteiger charge is -2.09. The van der Waals surface area contributed by atoms with Crippen LogP contribution in [0.15, 0.2) is 16.6 Å². The van der Waals surface area contributed by atoms with E-state index in [-0.39, 0.29) is 5.82 Å². The molecular formula is C11H14BrFN2. The third-order valence-electron chi connectivity index (χ3n) is 2.92. The molecule has 0 aromatic heterocycles. The zero-order valence-corrected chi connectivity index (χ0v) is 10.1. The first kappa shape index (κ1) is 10.7. The minimum absolute atomic E-state index is 0.282. The number of benzene rings is 1. The van der Waals surface area contributed by atoms with Crippen LogP contribution in [-0.4, -0.2) is 6.54 Å². The summed E-state index contributed by atoms with van der Waals surface area (Å²) in [7, 11) is 0. The van der Waals surface area contributed by atoms with Crippen molar-refractivity contribution in [2.75, 3.05) is 17.6 Å². The normalized spacial score (nSPS) is 23.9. The molecular weight excluding hydrogens is 259 g/mol. The molecule has 0 radical (unpaired) electrons. The third-order valence-corrected chi connectivity index (χ3v) is 3.53. The second-order valence-corrected chi connectivity index (χ2v) is 5.06. The van der Waals surface area contributed by atoms with Crippen molar-refractivity contribution in [3.63, 3.8) is 0 Å². The number of nitrogens with one attached hydrogen (secondary N) is 1. The second kappa shape index (κ2) is 4.00. The van der Waals surface area contributed by atoms with E-state index >= 15 is 0 Å². The van der Waals surface area contributed by atoms with Gasteiger partial charge in [-0.25, -0.2) is 4.39 Å². The van der Waals surface area contributed by atoms with Crippen LogP contribution in [0.5, 0.6) is 0 Å². The highest BCUT2D eigenvalue weighted by Crippen LogP contribution is 2.38. The minimum Gasteiger partial charge on any atom is -0.397 e. The van der Waals surface area contributed by atoms with Gasteiger partial charge in [-0.1, -0.05) is 6.92 Å². The summed E-state index contributed by atoms with van der Waals surface area (Å²) in [6, 6.07) is 3.03. The van der Waals surface area contributed by atoms with Gasteiger partial charge in [0, 0.05) is 12.6 Å². The topological polar surface area (TPSA) is 38.0 Å². The first-order chi connectivity index (χ1) is 7.08. The van der Waals surface area contributed by atoms with E-state index in [9.17, 15) is 4.39 Å². The van der Waals surface area contributed by atoms with Gasteiger partial charge in [0.1, 0.15) is 5.82 Å². The average Bonchev–Trinajstić information content (AvgIpc) is 2.86. The summed E-state index contributed by atoms with van der Waals surface area (Å²) in [4.78, 5) is 0. The van der Waals surface area contributed by atoms with E-state index in [1.54, 1.807) is 6.07 Å². The Bertz CT molecular complexity index is 381. The summed E-state index contributed by atoms with van der Waals surface area (Å²) in [5.41, 5.74) is 7.04. The Balaban J connectivity index is 2.04. The molecule has 15 heavy (non-hydrogen) atoms. The lowest BCUT2D eigenvalue weighted by atomic mass is 10.2. The molecule has 1 saturated carbocycles. The number of hydrogen-bond donors (Lipinski definition) is 2. The van der Waals surface area contributed by atoms with Crippen LogP contribution in [0.25, 0.3) is 0 Å². The summed E-state index contributed by atoms with van der Waals surface area (Å²) in [5.74, 6) is 1.23. The molecule has 2 nitrogen and oxygen atoms in total. The first-order valence-corrected chi connectivity index (χ1v) is 5.85. The van der Waals surface area contributed by atoms with Crippen LogP contribution in [0.2, 0.25) is 0 Å². The Morgan fingerprint density at radius 1 is 1.60 bits per heavy atom. The molecule has 1 fully saturated rings. The van der Waals surface area contributed by atoms with Crippen LogP contribution in [0.1, 0.15) is 13.3 Å². The maximum absolute atomic E-state index is 13.2. The van der Waals surface area contributed by atoms with Crippen molar-refractivity contribution in [3.8, 4) is 0 Å². The largest absolute Gasteiger partial charge is 0.397 e. The van der Waals surface area contributed by atoms with Crippen LogP contribution in [0.4, 0.5) is 15.8 Å². The predicted octanol–water partition coefficient (Wildman–Crippen LogP) is 3.24. The van der Waals surface area contributed by atoms with Gasteiger partial charge in [-0.3, -0.25) is 0 Å². The second-order valence-electron chi connectivity index (χ2n) is 4.21. The molecule has 82 valence electrons. The zero-order valence-electron chi connectivity index (χ0n) is 8.56. The van der Waals surface area contributed by atoms with E-state index in [4.69, 9.17) is 5.73 Å². The van der Waals surface area contributed by atoms with Gasteiger partial charge in [-0.15, -0.1) is 0 Å². The zero-order chi connectivity index (χ0) is 11.0. The predicted molar refractivity (Wildman–Crippen MR) is 64.3 cm³/mol. The van der Waals surface area contributed by atoms with Gasteiger partial charge >= 0.3 is 0 Å². The van der Waals surface area contributed by atoms with Crippen molar-refractivity contribution < 1.29 is 4.39 Å². The van der Waals surface area contributed by atoms with E-state index in [1.165, 1.54) is 12.5 Å². The van der Waals surface area contributed by atoms with E-state index in [1.807, 2.05) is 0 Å². The van der Waals surface area contributed by atoms with Crippen molar-refractivity contribution in [3.05, 3.63) is 22.4 Å². The molecule has 4 heteroatoms. The van der Waals surface area contributed by atoms with Gasteiger partial charge in [0.2, 0.25) is 0 Å². The lowest BCUT2D eigenvalue weighted by Crippen LogP contribution is -2.07. The van der Waals surface area contributed by atoms with Crippen molar-refractivity contribution in [2.24, 2.45) is 11.8 Å². The number of rotatable bonds is 3. The fourth-order valence-corrected chi connectivity index (χ4v) is 2.00. The molecule has 2 rings (SSSR count). The van der Waals surface area contributed by atoms with Crippen molar-refractivity contribution in [1.29, 1.82) is 0 Å². The quantitative estimate of drug-likeness (QED) is 0.830. The monoisotopic (exact) mass is 272 g/mol. The Kier molecular flexibility index (Phi) is 2.87. The number of anilines is 2. The highest BCUT2D eigenvalue weighted by molar-refractivity contribution is 9.10. The van der Waals surface area contributed by atoms with Gasteiger partial charge in [-0.2, -0.15) is 0 Å². The first-order valence-electron chi connectivity index (χ1n) is 5.06. The molecule has 0 amide bonds. The molecule has 0 aliphatic heterocycles. The Labute approximate surface area is 97.2 Å². The molecule has 0 heterocycles. The summed E-state index contributed by atoms with van der Waals surface area (Å²) in [6.07, 6.45) is 1.26. The van der Waals surface area contributed by atoms with Crippen LogP contribution in [0.3, 0.4) is 0 Å². The van der Waals surface area contributed by atoms with Crippen molar-refractivity contribution in [2.45, 2.75) is 13.3 Å². The number of halogens is 2. The summed E-state index contributed by atoms with van der Waals surface area (Å²) >= 11 is 3.10. The number of nitrogen functional groups attached to an aromatic ring is 1. The molecule has 2 unspecified atom stereocenters. The molecule has 0 saturated heterocycles. The Morgan fingerprint density at radius 3 is 2.87 bits per heavy atom.